The van der Waals surface area contributed by atoms with Crippen LogP contribution in [-0.2, 0) is 4.79 Å². The van der Waals surface area contributed by atoms with Crippen LogP contribution in [0.3, 0.4) is 0 Å². The molecule has 2 aliphatic rings. The summed E-state index contributed by atoms with van der Waals surface area (Å²) in [7, 11) is 0. The first kappa shape index (κ1) is 11.2. The van der Waals surface area contributed by atoms with Crippen LogP contribution < -0.4 is 5.32 Å². The first-order chi connectivity index (χ1) is 7.60. The van der Waals surface area contributed by atoms with Crippen molar-refractivity contribution in [3.8, 4) is 0 Å². The van der Waals surface area contributed by atoms with Crippen LogP contribution in [0.4, 0.5) is 4.79 Å². The van der Waals surface area contributed by atoms with Gasteiger partial charge in [-0.25, -0.2) is 4.79 Å². The first-order valence-corrected chi connectivity index (χ1v) is 5.86. The van der Waals surface area contributed by atoms with E-state index in [4.69, 9.17) is 0 Å². The van der Waals surface area contributed by atoms with Gasteiger partial charge in [0.1, 0.15) is 0 Å². The Hall–Kier alpha value is -1.26. The Kier molecular flexibility index (Phi) is 2.78. The van der Waals surface area contributed by atoms with Crippen LogP contribution in [0.15, 0.2) is 0 Å². The summed E-state index contributed by atoms with van der Waals surface area (Å²) in [6.07, 6.45) is 2.62. The Morgan fingerprint density at radius 3 is 2.88 bits per heavy atom. The summed E-state index contributed by atoms with van der Waals surface area (Å²) < 4.78 is 0. The van der Waals surface area contributed by atoms with Crippen molar-refractivity contribution < 1.29 is 14.7 Å². The van der Waals surface area contributed by atoms with Gasteiger partial charge < -0.3 is 15.3 Å². The predicted molar refractivity (Wildman–Crippen MR) is 58.1 cm³/mol. The summed E-state index contributed by atoms with van der Waals surface area (Å²) >= 11 is 0. The molecule has 90 valence electrons. The number of hydrogen-bond donors (Lipinski definition) is 2. The molecule has 16 heavy (non-hydrogen) atoms. The van der Waals surface area contributed by atoms with Crippen LogP contribution in [0.25, 0.3) is 0 Å². The lowest BCUT2D eigenvalue weighted by Crippen LogP contribution is -2.41. The van der Waals surface area contributed by atoms with E-state index >= 15 is 0 Å². The fraction of sp³-hybridized carbons (Fsp3) is 0.818. The molecule has 5 nitrogen and oxygen atoms in total. The van der Waals surface area contributed by atoms with Gasteiger partial charge in [0.2, 0.25) is 0 Å². The van der Waals surface area contributed by atoms with E-state index in [9.17, 15) is 14.7 Å². The molecule has 0 radical (unpaired) electrons. The number of carboxylic acids is 1. The van der Waals surface area contributed by atoms with Crippen LogP contribution in [0.2, 0.25) is 0 Å². The van der Waals surface area contributed by atoms with Gasteiger partial charge in [-0.1, -0.05) is 6.42 Å². The SMILES string of the molecule is CCNC(=O)N1C[C@@H]2CCC[C@@]2(C(=O)O)C1. The Bertz CT molecular complexity index is 318. The molecule has 0 aromatic rings. The zero-order valence-corrected chi connectivity index (χ0v) is 9.53. The number of carbonyl (C=O) groups excluding carboxylic acids is 1. The Balaban J connectivity index is 2.10. The Labute approximate surface area is 94.8 Å². The summed E-state index contributed by atoms with van der Waals surface area (Å²) in [5.41, 5.74) is -0.662. The van der Waals surface area contributed by atoms with Gasteiger partial charge in [-0.3, -0.25) is 4.79 Å². The van der Waals surface area contributed by atoms with E-state index < -0.39 is 11.4 Å². The number of fused-ring (bicyclic) bond motifs is 1. The maximum absolute atomic E-state index is 11.7. The highest BCUT2D eigenvalue weighted by Gasteiger charge is 2.55. The van der Waals surface area contributed by atoms with E-state index in [1.54, 1.807) is 4.90 Å². The lowest BCUT2D eigenvalue weighted by Gasteiger charge is -2.23. The van der Waals surface area contributed by atoms with Crippen LogP contribution in [0.5, 0.6) is 0 Å². The van der Waals surface area contributed by atoms with Crippen molar-refractivity contribution in [3.63, 3.8) is 0 Å². The molecule has 0 spiro atoms. The van der Waals surface area contributed by atoms with Crippen molar-refractivity contribution in [1.82, 2.24) is 10.2 Å². The second-order valence-electron chi connectivity index (χ2n) is 4.77. The molecule has 0 aromatic heterocycles. The van der Waals surface area contributed by atoms with E-state index in [2.05, 4.69) is 5.32 Å². The fourth-order valence-corrected chi connectivity index (χ4v) is 3.06. The molecule has 1 aliphatic heterocycles. The molecule has 0 aromatic carbocycles. The van der Waals surface area contributed by atoms with Gasteiger partial charge in [-0.05, 0) is 25.7 Å². The van der Waals surface area contributed by atoms with Crippen LogP contribution >= 0.6 is 0 Å². The molecule has 2 N–H and O–H groups in total. The van der Waals surface area contributed by atoms with Crippen LogP contribution in [-0.4, -0.2) is 41.6 Å². The Morgan fingerprint density at radius 1 is 1.56 bits per heavy atom. The summed E-state index contributed by atoms with van der Waals surface area (Å²) in [6.45, 7) is 3.42. The lowest BCUT2D eigenvalue weighted by atomic mass is 9.81. The van der Waals surface area contributed by atoms with Crippen molar-refractivity contribution >= 4 is 12.0 Å². The summed E-state index contributed by atoms with van der Waals surface area (Å²) in [5, 5.41) is 12.1. The molecule has 2 atom stereocenters. The topological polar surface area (TPSA) is 69.6 Å². The maximum atomic E-state index is 11.7. The number of carbonyl (C=O) groups is 2. The quantitative estimate of drug-likeness (QED) is 0.735. The molecule has 2 rings (SSSR count). The van der Waals surface area contributed by atoms with Crippen molar-refractivity contribution in [1.29, 1.82) is 0 Å². The highest BCUT2D eigenvalue weighted by molar-refractivity contribution is 5.80. The van der Waals surface area contributed by atoms with Crippen molar-refractivity contribution in [2.45, 2.75) is 26.2 Å². The lowest BCUT2D eigenvalue weighted by molar-refractivity contribution is -0.149. The predicted octanol–water partition coefficient (Wildman–Crippen LogP) is 0.903. The molecule has 2 fully saturated rings. The van der Waals surface area contributed by atoms with Gasteiger partial charge in [0.05, 0.1) is 5.41 Å². The molecule has 1 aliphatic carbocycles. The van der Waals surface area contributed by atoms with Gasteiger partial charge in [-0.2, -0.15) is 0 Å². The molecular weight excluding hydrogens is 208 g/mol. The standard InChI is InChI=1S/C11H18N2O3/c1-2-12-10(16)13-6-8-4-3-5-11(8,7-13)9(14)15/h8H,2-7H2,1H3,(H,12,16)(H,14,15)/t8-,11+/m0/s1. The summed E-state index contributed by atoms with van der Waals surface area (Å²) in [4.78, 5) is 24.7. The summed E-state index contributed by atoms with van der Waals surface area (Å²) in [5.74, 6) is -0.589. The second kappa shape index (κ2) is 3.96. The molecule has 2 amide bonds. The number of urea groups is 1. The van der Waals surface area contributed by atoms with E-state index in [1.807, 2.05) is 6.92 Å². The minimum absolute atomic E-state index is 0.127. The van der Waals surface area contributed by atoms with E-state index in [0.717, 1.165) is 12.8 Å². The number of likely N-dealkylation sites (tertiary alicyclic amines) is 1. The van der Waals surface area contributed by atoms with Gasteiger partial charge in [0.15, 0.2) is 0 Å². The summed E-state index contributed by atoms with van der Waals surface area (Å²) in [6, 6.07) is -0.127. The minimum Gasteiger partial charge on any atom is -0.481 e. The fourth-order valence-electron chi connectivity index (χ4n) is 3.06. The van der Waals surface area contributed by atoms with Crippen molar-refractivity contribution in [2.24, 2.45) is 11.3 Å². The largest absolute Gasteiger partial charge is 0.481 e. The molecule has 0 bridgehead atoms. The number of aliphatic carboxylic acids is 1. The average Bonchev–Trinajstić information content (AvgIpc) is 2.73. The highest BCUT2D eigenvalue weighted by Crippen LogP contribution is 2.48. The Morgan fingerprint density at radius 2 is 2.31 bits per heavy atom. The molecule has 1 saturated heterocycles. The molecule has 0 unspecified atom stereocenters. The van der Waals surface area contributed by atoms with Crippen molar-refractivity contribution in [3.05, 3.63) is 0 Å². The second-order valence-corrected chi connectivity index (χ2v) is 4.77. The average molecular weight is 226 g/mol. The maximum Gasteiger partial charge on any atom is 0.317 e. The van der Waals surface area contributed by atoms with E-state index in [1.165, 1.54) is 0 Å². The molecule has 1 heterocycles. The number of amides is 2. The number of nitrogens with zero attached hydrogens (tertiary/aromatic N) is 1. The van der Waals surface area contributed by atoms with Crippen LogP contribution in [0, 0.1) is 11.3 Å². The smallest absolute Gasteiger partial charge is 0.317 e. The number of carboxylic acid groups (broad SMARTS) is 1. The van der Waals surface area contributed by atoms with Gasteiger partial charge in [-0.15, -0.1) is 0 Å². The normalized spacial score (nSPS) is 32.6. The first-order valence-electron chi connectivity index (χ1n) is 5.86. The van der Waals surface area contributed by atoms with E-state index in [-0.39, 0.29) is 11.9 Å². The van der Waals surface area contributed by atoms with Crippen LogP contribution in [0.1, 0.15) is 26.2 Å². The van der Waals surface area contributed by atoms with E-state index in [0.29, 0.717) is 26.1 Å². The number of hydrogen-bond acceptors (Lipinski definition) is 2. The number of nitrogens with one attached hydrogen (secondary N) is 1. The number of rotatable bonds is 2. The third-order valence-corrected chi connectivity index (χ3v) is 3.91. The highest BCUT2D eigenvalue weighted by atomic mass is 16.4. The van der Waals surface area contributed by atoms with Gasteiger partial charge in [0.25, 0.3) is 0 Å². The molecular formula is C11H18N2O3. The van der Waals surface area contributed by atoms with Gasteiger partial charge >= 0.3 is 12.0 Å². The van der Waals surface area contributed by atoms with Crippen molar-refractivity contribution in [2.75, 3.05) is 19.6 Å². The molecule has 1 saturated carbocycles. The monoisotopic (exact) mass is 226 g/mol. The molecule has 5 heteroatoms. The zero-order valence-electron chi connectivity index (χ0n) is 9.53. The third-order valence-electron chi connectivity index (χ3n) is 3.91. The van der Waals surface area contributed by atoms with Gasteiger partial charge in [0, 0.05) is 19.6 Å². The zero-order chi connectivity index (χ0) is 11.8. The minimum atomic E-state index is -0.734. The third kappa shape index (κ3) is 1.54.